The van der Waals surface area contributed by atoms with Gasteiger partial charge >= 0.3 is 0 Å². The van der Waals surface area contributed by atoms with Crippen LogP contribution in [0.1, 0.15) is 0 Å². The molecule has 0 N–H and O–H groups in total. The van der Waals surface area contributed by atoms with Crippen LogP contribution in [0.25, 0.3) is 11.1 Å². The molecule has 2 atom stereocenters. The van der Waals surface area contributed by atoms with Crippen LogP contribution in [-0.4, -0.2) is 30.4 Å². The Balaban J connectivity index is 1.80. The quantitative estimate of drug-likeness (QED) is 0.797. The molecule has 2 aromatic rings. The van der Waals surface area contributed by atoms with E-state index in [0.717, 1.165) is 16.5 Å². The van der Waals surface area contributed by atoms with Gasteiger partial charge in [-0.1, -0.05) is 42.5 Å². The highest BCUT2D eigenvalue weighted by Crippen LogP contribution is 2.23. The molecule has 2 unspecified atom stereocenters. The van der Waals surface area contributed by atoms with Gasteiger partial charge in [-0.2, -0.15) is 0 Å². The molecule has 0 aromatic heterocycles. The minimum absolute atomic E-state index is 0.193. The molecule has 0 aliphatic carbocycles. The van der Waals surface area contributed by atoms with Crippen molar-refractivity contribution in [1.82, 2.24) is 0 Å². The Labute approximate surface area is 136 Å². The van der Waals surface area contributed by atoms with Crippen molar-refractivity contribution >= 4 is 25.5 Å². The third kappa shape index (κ3) is 3.72. The van der Waals surface area contributed by atoms with Gasteiger partial charge < -0.3 is 0 Å². The van der Waals surface area contributed by atoms with E-state index in [4.69, 9.17) is 4.18 Å². The Hall–Kier alpha value is -1.89. The molecule has 6 heteroatoms. The molecule has 4 nitrogen and oxygen atoms in total. The van der Waals surface area contributed by atoms with Crippen LogP contribution in [0.15, 0.2) is 71.0 Å². The van der Waals surface area contributed by atoms with Gasteiger partial charge in [-0.05, 0) is 35.2 Å². The first-order valence-corrected chi connectivity index (χ1v) is 10.3. The van der Waals surface area contributed by atoms with Crippen LogP contribution in [0, 0.1) is 0 Å². The van der Waals surface area contributed by atoms with E-state index in [-0.39, 0.29) is 5.75 Å². The Morgan fingerprint density at radius 3 is 2.17 bits per heavy atom. The maximum Gasteiger partial charge on any atom is 0.174 e. The zero-order chi connectivity index (χ0) is 16.5. The van der Waals surface area contributed by atoms with Crippen molar-refractivity contribution in [2.75, 3.05) is 5.75 Å². The van der Waals surface area contributed by atoms with Gasteiger partial charge in [0.25, 0.3) is 0 Å². The molecule has 1 aliphatic rings. The first-order valence-electron chi connectivity index (χ1n) is 6.98. The first-order chi connectivity index (χ1) is 10.9. The van der Waals surface area contributed by atoms with Crippen LogP contribution in [0.3, 0.4) is 0 Å². The molecule has 0 saturated carbocycles. The number of benzene rings is 2. The predicted molar refractivity (Wildman–Crippen MR) is 93.2 cm³/mol. The Kier molecular flexibility index (Phi) is 4.14. The normalized spacial score (nSPS) is 21.8. The van der Waals surface area contributed by atoms with Crippen LogP contribution in [0.5, 0.6) is 0 Å². The zero-order valence-electron chi connectivity index (χ0n) is 12.3. The van der Waals surface area contributed by atoms with Gasteiger partial charge in [-0.25, -0.2) is 12.6 Å². The van der Waals surface area contributed by atoms with E-state index >= 15 is 0 Å². The highest BCUT2D eigenvalue weighted by Gasteiger charge is 2.25. The summed E-state index contributed by atoms with van der Waals surface area (Å²) in [5, 5.41) is 1.09. The number of rotatable bonds is 4. The molecule has 0 bridgehead atoms. The van der Waals surface area contributed by atoms with Crippen molar-refractivity contribution in [2.24, 2.45) is 0 Å². The number of hydrogen-bond donors (Lipinski definition) is 0. The van der Waals surface area contributed by atoms with Crippen LogP contribution < -0.4 is 0 Å². The summed E-state index contributed by atoms with van der Waals surface area (Å²) in [4.78, 5) is 0.440. The SMILES string of the molecule is C=S(=O)(OC1C=CS(=O)(=O)C1)c1ccc(-c2ccccc2)cc1. The summed E-state index contributed by atoms with van der Waals surface area (Å²) >= 11 is 0. The molecule has 3 rings (SSSR count). The van der Waals surface area contributed by atoms with E-state index in [1.807, 2.05) is 42.5 Å². The van der Waals surface area contributed by atoms with Gasteiger partial charge in [0, 0.05) is 5.41 Å². The van der Waals surface area contributed by atoms with Crippen molar-refractivity contribution in [2.45, 2.75) is 11.0 Å². The fourth-order valence-corrected chi connectivity index (χ4v) is 4.79. The maximum atomic E-state index is 12.6. The molecule has 0 saturated heterocycles. The number of hydrogen-bond acceptors (Lipinski definition) is 4. The van der Waals surface area contributed by atoms with Gasteiger partial charge in [-0.3, -0.25) is 4.18 Å². The Bertz CT molecular complexity index is 926. The maximum absolute atomic E-state index is 12.6. The van der Waals surface area contributed by atoms with Crippen molar-refractivity contribution in [3.05, 3.63) is 66.1 Å². The summed E-state index contributed by atoms with van der Waals surface area (Å²) in [5.74, 6) is 3.44. The summed E-state index contributed by atoms with van der Waals surface area (Å²) < 4.78 is 40.8. The predicted octanol–water partition coefficient (Wildman–Crippen LogP) is 2.67. The highest BCUT2D eigenvalue weighted by molar-refractivity contribution is 7.96. The van der Waals surface area contributed by atoms with E-state index in [0.29, 0.717) is 4.90 Å². The Morgan fingerprint density at radius 2 is 1.61 bits per heavy atom. The summed E-state index contributed by atoms with van der Waals surface area (Å²) in [6, 6.07) is 16.9. The standard InChI is InChI=1S/C17H16O4S2/c1-22(18,21-16-11-12-23(19,20)13-16)17-9-7-15(8-10-17)14-5-3-2-4-6-14/h2-12,16H,1,13H2. The second kappa shape index (κ2) is 5.96. The van der Waals surface area contributed by atoms with Gasteiger partial charge in [-0.15, -0.1) is 0 Å². The molecule has 0 radical (unpaired) electrons. The van der Waals surface area contributed by atoms with Crippen LogP contribution >= 0.6 is 0 Å². The van der Waals surface area contributed by atoms with Crippen molar-refractivity contribution in [3.8, 4) is 11.1 Å². The molecule has 1 aliphatic heterocycles. The molecule has 2 aromatic carbocycles. The van der Waals surface area contributed by atoms with E-state index in [9.17, 15) is 12.6 Å². The topological polar surface area (TPSA) is 60.4 Å². The average molecular weight is 348 g/mol. The van der Waals surface area contributed by atoms with Crippen molar-refractivity contribution < 1.29 is 16.8 Å². The van der Waals surface area contributed by atoms with E-state index in [1.54, 1.807) is 12.1 Å². The minimum Gasteiger partial charge on any atom is -0.286 e. The summed E-state index contributed by atoms with van der Waals surface area (Å²) in [6.07, 6.45) is 0.678. The highest BCUT2D eigenvalue weighted by atomic mass is 32.2. The van der Waals surface area contributed by atoms with Crippen LogP contribution in [0.2, 0.25) is 0 Å². The minimum atomic E-state index is -3.25. The summed E-state index contributed by atoms with van der Waals surface area (Å²) in [6.45, 7) is 0. The molecular weight excluding hydrogens is 332 g/mol. The average Bonchev–Trinajstić information content (AvgIpc) is 2.86. The van der Waals surface area contributed by atoms with Crippen LogP contribution in [-0.2, 0) is 23.8 Å². The van der Waals surface area contributed by atoms with Crippen LogP contribution in [0.4, 0.5) is 0 Å². The lowest BCUT2D eigenvalue weighted by Gasteiger charge is -2.14. The van der Waals surface area contributed by atoms with Crippen molar-refractivity contribution in [3.63, 3.8) is 0 Å². The summed E-state index contributed by atoms with van der Waals surface area (Å²) in [7, 11) is -6.26. The summed E-state index contributed by atoms with van der Waals surface area (Å²) in [5.41, 5.74) is 2.05. The molecule has 23 heavy (non-hydrogen) atoms. The lowest BCUT2D eigenvalue weighted by atomic mass is 10.1. The third-order valence-corrected chi connectivity index (χ3v) is 6.41. The second-order valence-electron chi connectivity index (χ2n) is 5.30. The van der Waals surface area contributed by atoms with E-state index in [1.165, 1.54) is 6.08 Å². The number of sulfone groups is 1. The molecule has 0 amide bonds. The van der Waals surface area contributed by atoms with Gasteiger partial charge in [0.05, 0.1) is 10.6 Å². The second-order valence-corrected chi connectivity index (χ2v) is 9.12. The van der Waals surface area contributed by atoms with E-state index in [2.05, 4.69) is 5.87 Å². The molecule has 0 fully saturated rings. The smallest absolute Gasteiger partial charge is 0.174 e. The third-order valence-electron chi connectivity index (χ3n) is 3.50. The molecular formula is C17H16O4S2. The van der Waals surface area contributed by atoms with Gasteiger partial charge in [0.15, 0.2) is 9.84 Å². The first kappa shape index (κ1) is 16.0. The van der Waals surface area contributed by atoms with Gasteiger partial charge in [0.1, 0.15) is 15.9 Å². The molecule has 120 valence electrons. The molecule has 0 spiro atoms. The lowest BCUT2D eigenvalue weighted by Crippen LogP contribution is -2.20. The lowest BCUT2D eigenvalue weighted by molar-refractivity contribution is 0.301. The monoisotopic (exact) mass is 348 g/mol. The fraction of sp³-hybridized carbons (Fsp3) is 0.118. The Morgan fingerprint density at radius 1 is 1.00 bits per heavy atom. The zero-order valence-corrected chi connectivity index (χ0v) is 13.9. The molecule has 1 heterocycles. The van der Waals surface area contributed by atoms with E-state index < -0.39 is 25.7 Å². The van der Waals surface area contributed by atoms with Crippen molar-refractivity contribution in [1.29, 1.82) is 0 Å². The fourth-order valence-electron chi connectivity index (χ4n) is 2.35. The van der Waals surface area contributed by atoms with Gasteiger partial charge in [0.2, 0.25) is 0 Å². The largest absolute Gasteiger partial charge is 0.286 e.